The maximum absolute atomic E-state index is 13.4. The van der Waals surface area contributed by atoms with Crippen LogP contribution in [0, 0.1) is 17.1 Å². The number of ether oxygens (including phenoxy) is 1. The third kappa shape index (κ3) is 1.86. The Kier molecular flexibility index (Phi) is 2.80. The van der Waals surface area contributed by atoms with Crippen LogP contribution in [0.15, 0.2) is 36.5 Å². The SMILES string of the molecule is COc1cc(-c2nnc3cc(C#N)ccn23)ccc1F. The minimum absolute atomic E-state index is 0.146. The fraction of sp³-hybridized carbons (Fsp3) is 0.0714. The Hall–Kier alpha value is -2.94. The first-order valence-corrected chi connectivity index (χ1v) is 5.81. The predicted molar refractivity (Wildman–Crippen MR) is 69.6 cm³/mol. The molecular formula is C14H9FN4O. The molecule has 0 atom stereocenters. The second-order valence-corrected chi connectivity index (χ2v) is 4.13. The molecule has 98 valence electrons. The van der Waals surface area contributed by atoms with Crippen molar-refractivity contribution in [2.45, 2.75) is 0 Å². The van der Waals surface area contributed by atoms with E-state index in [4.69, 9.17) is 10.00 Å². The Labute approximate surface area is 113 Å². The number of methoxy groups -OCH3 is 1. The molecule has 6 heteroatoms. The molecule has 0 radical (unpaired) electrons. The minimum Gasteiger partial charge on any atom is -0.494 e. The molecular weight excluding hydrogens is 259 g/mol. The summed E-state index contributed by atoms with van der Waals surface area (Å²) >= 11 is 0. The predicted octanol–water partition coefficient (Wildman–Crippen LogP) is 2.42. The van der Waals surface area contributed by atoms with Crippen LogP contribution in [0.25, 0.3) is 17.0 Å². The van der Waals surface area contributed by atoms with Gasteiger partial charge in [0.2, 0.25) is 0 Å². The monoisotopic (exact) mass is 268 g/mol. The van der Waals surface area contributed by atoms with E-state index >= 15 is 0 Å². The van der Waals surface area contributed by atoms with Crippen LogP contribution in [0.4, 0.5) is 4.39 Å². The largest absolute Gasteiger partial charge is 0.494 e. The second kappa shape index (κ2) is 4.63. The Morgan fingerprint density at radius 2 is 2.10 bits per heavy atom. The molecule has 0 saturated heterocycles. The van der Waals surface area contributed by atoms with E-state index in [1.165, 1.54) is 13.2 Å². The van der Waals surface area contributed by atoms with Gasteiger partial charge in [0.05, 0.1) is 18.7 Å². The van der Waals surface area contributed by atoms with Crippen molar-refractivity contribution in [3.8, 4) is 23.2 Å². The molecule has 0 bridgehead atoms. The van der Waals surface area contributed by atoms with Gasteiger partial charge < -0.3 is 4.74 Å². The Morgan fingerprint density at radius 1 is 1.25 bits per heavy atom. The summed E-state index contributed by atoms with van der Waals surface area (Å²) in [6.45, 7) is 0. The zero-order valence-corrected chi connectivity index (χ0v) is 10.5. The van der Waals surface area contributed by atoms with E-state index in [1.807, 2.05) is 6.07 Å². The maximum Gasteiger partial charge on any atom is 0.168 e. The van der Waals surface area contributed by atoms with Gasteiger partial charge in [-0.2, -0.15) is 5.26 Å². The lowest BCUT2D eigenvalue weighted by Gasteiger charge is -2.04. The molecule has 20 heavy (non-hydrogen) atoms. The van der Waals surface area contributed by atoms with Crippen molar-refractivity contribution in [2.24, 2.45) is 0 Å². The summed E-state index contributed by atoms with van der Waals surface area (Å²) in [4.78, 5) is 0. The van der Waals surface area contributed by atoms with Crippen molar-refractivity contribution in [3.63, 3.8) is 0 Å². The van der Waals surface area contributed by atoms with Gasteiger partial charge in [-0.1, -0.05) is 0 Å². The number of rotatable bonds is 2. The van der Waals surface area contributed by atoms with E-state index in [0.29, 0.717) is 22.6 Å². The van der Waals surface area contributed by atoms with Crippen LogP contribution in [0.1, 0.15) is 5.56 Å². The van der Waals surface area contributed by atoms with Gasteiger partial charge in [0.15, 0.2) is 23.0 Å². The van der Waals surface area contributed by atoms with Crippen molar-refractivity contribution in [3.05, 3.63) is 47.9 Å². The molecule has 3 rings (SSSR count). The Balaban J connectivity index is 2.18. The highest BCUT2D eigenvalue weighted by Crippen LogP contribution is 2.25. The summed E-state index contributed by atoms with van der Waals surface area (Å²) < 4.78 is 20.1. The van der Waals surface area contributed by atoms with Crippen LogP contribution in [0.5, 0.6) is 5.75 Å². The standard InChI is InChI=1S/C14H9FN4O/c1-20-12-7-10(2-3-11(12)15)14-18-17-13-6-9(8-16)4-5-19(13)14/h2-7H,1H3. The third-order valence-electron chi connectivity index (χ3n) is 2.95. The molecule has 0 amide bonds. The molecule has 3 aromatic rings. The van der Waals surface area contributed by atoms with E-state index in [1.54, 1.807) is 34.9 Å². The molecule has 2 heterocycles. The number of nitriles is 1. The molecule has 0 unspecified atom stereocenters. The molecule has 0 fully saturated rings. The smallest absolute Gasteiger partial charge is 0.168 e. The topological polar surface area (TPSA) is 63.2 Å². The number of nitrogens with zero attached hydrogens (tertiary/aromatic N) is 4. The Morgan fingerprint density at radius 3 is 2.85 bits per heavy atom. The average Bonchev–Trinajstić information content (AvgIpc) is 2.90. The quantitative estimate of drug-likeness (QED) is 0.716. The van der Waals surface area contributed by atoms with E-state index < -0.39 is 5.82 Å². The van der Waals surface area contributed by atoms with E-state index in [9.17, 15) is 4.39 Å². The number of aromatic nitrogens is 3. The molecule has 0 saturated carbocycles. The van der Waals surface area contributed by atoms with Gasteiger partial charge >= 0.3 is 0 Å². The van der Waals surface area contributed by atoms with Crippen LogP contribution < -0.4 is 4.74 Å². The second-order valence-electron chi connectivity index (χ2n) is 4.13. The number of halogens is 1. The summed E-state index contributed by atoms with van der Waals surface area (Å²) in [6.07, 6.45) is 1.71. The van der Waals surface area contributed by atoms with Crippen molar-refractivity contribution in [2.75, 3.05) is 7.11 Å². The van der Waals surface area contributed by atoms with Crippen LogP contribution in [0.2, 0.25) is 0 Å². The first-order valence-electron chi connectivity index (χ1n) is 5.81. The van der Waals surface area contributed by atoms with E-state index in [2.05, 4.69) is 10.2 Å². The zero-order valence-electron chi connectivity index (χ0n) is 10.5. The first-order chi connectivity index (χ1) is 9.72. The maximum atomic E-state index is 13.4. The normalized spacial score (nSPS) is 10.4. The number of fused-ring (bicyclic) bond motifs is 1. The lowest BCUT2D eigenvalue weighted by atomic mass is 10.2. The van der Waals surface area contributed by atoms with Crippen molar-refractivity contribution < 1.29 is 9.13 Å². The fourth-order valence-corrected chi connectivity index (χ4v) is 1.96. The first kappa shape index (κ1) is 12.1. The number of pyridine rings is 1. The van der Waals surface area contributed by atoms with Crippen LogP contribution >= 0.6 is 0 Å². The van der Waals surface area contributed by atoms with Crippen molar-refractivity contribution in [1.82, 2.24) is 14.6 Å². The highest BCUT2D eigenvalue weighted by molar-refractivity contribution is 5.62. The molecule has 0 N–H and O–H groups in total. The summed E-state index contributed by atoms with van der Waals surface area (Å²) in [6, 6.07) is 9.83. The zero-order chi connectivity index (χ0) is 14.1. The lowest BCUT2D eigenvalue weighted by molar-refractivity contribution is 0.386. The van der Waals surface area contributed by atoms with E-state index in [-0.39, 0.29) is 5.75 Å². The minimum atomic E-state index is -0.433. The van der Waals surface area contributed by atoms with Crippen molar-refractivity contribution in [1.29, 1.82) is 5.26 Å². The molecule has 0 aliphatic heterocycles. The number of benzene rings is 1. The number of hydrogen-bond acceptors (Lipinski definition) is 4. The van der Waals surface area contributed by atoms with Gasteiger partial charge in [0.1, 0.15) is 0 Å². The summed E-state index contributed by atoms with van der Waals surface area (Å²) in [5.41, 5.74) is 1.75. The van der Waals surface area contributed by atoms with Gasteiger partial charge in [0, 0.05) is 17.8 Å². The molecule has 2 aromatic heterocycles. The number of hydrogen-bond donors (Lipinski definition) is 0. The van der Waals surface area contributed by atoms with Gasteiger partial charge in [-0.05, 0) is 24.3 Å². The summed E-state index contributed by atoms with van der Waals surface area (Å²) in [5, 5.41) is 16.9. The van der Waals surface area contributed by atoms with Gasteiger partial charge in [0.25, 0.3) is 0 Å². The van der Waals surface area contributed by atoms with Crippen LogP contribution in [-0.4, -0.2) is 21.7 Å². The molecule has 0 aliphatic rings. The average molecular weight is 268 g/mol. The Bertz CT molecular complexity index is 835. The summed E-state index contributed by atoms with van der Waals surface area (Å²) in [7, 11) is 1.41. The molecule has 5 nitrogen and oxygen atoms in total. The molecule has 1 aromatic carbocycles. The molecule has 0 aliphatic carbocycles. The fourth-order valence-electron chi connectivity index (χ4n) is 1.96. The summed E-state index contributed by atoms with van der Waals surface area (Å²) in [5.74, 6) is 0.271. The van der Waals surface area contributed by atoms with Gasteiger partial charge in [-0.15, -0.1) is 10.2 Å². The van der Waals surface area contributed by atoms with Crippen LogP contribution in [-0.2, 0) is 0 Å². The van der Waals surface area contributed by atoms with Gasteiger partial charge in [-0.25, -0.2) is 4.39 Å². The van der Waals surface area contributed by atoms with E-state index in [0.717, 1.165) is 0 Å². The highest BCUT2D eigenvalue weighted by Gasteiger charge is 2.11. The van der Waals surface area contributed by atoms with Gasteiger partial charge in [-0.3, -0.25) is 4.40 Å². The highest BCUT2D eigenvalue weighted by atomic mass is 19.1. The lowest BCUT2D eigenvalue weighted by Crippen LogP contribution is -1.93. The third-order valence-corrected chi connectivity index (χ3v) is 2.95. The molecule has 0 spiro atoms. The van der Waals surface area contributed by atoms with Crippen molar-refractivity contribution >= 4 is 5.65 Å². The van der Waals surface area contributed by atoms with Crippen LogP contribution in [0.3, 0.4) is 0 Å².